The Labute approximate surface area is 135 Å². The second-order valence-electron chi connectivity index (χ2n) is 9.71. The zero-order valence-electron chi connectivity index (χ0n) is 14.4. The van der Waals surface area contributed by atoms with Gasteiger partial charge in [-0.1, -0.05) is 33.8 Å². The maximum absolute atomic E-state index is 11.0. The van der Waals surface area contributed by atoms with E-state index in [-0.39, 0.29) is 22.9 Å². The zero-order valence-corrected chi connectivity index (χ0v) is 14.4. The van der Waals surface area contributed by atoms with E-state index in [1.54, 1.807) is 0 Å². The van der Waals surface area contributed by atoms with E-state index in [4.69, 9.17) is 0 Å². The van der Waals surface area contributed by atoms with Gasteiger partial charge in [-0.25, -0.2) is 0 Å². The average molecular weight is 304 g/mol. The van der Waals surface area contributed by atoms with Crippen molar-refractivity contribution in [3.05, 3.63) is 12.2 Å². The molecule has 7 atom stereocenters. The van der Waals surface area contributed by atoms with Crippen molar-refractivity contribution in [3.63, 3.8) is 0 Å². The third-order valence-corrected chi connectivity index (χ3v) is 8.62. The van der Waals surface area contributed by atoms with Crippen LogP contribution in [0, 0.1) is 34.0 Å². The van der Waals surface area contributed by atoms with E-state index in [1.165, 1.54) is 25.7 Å². The topological polar surface area (TPSA) is 40.5 Å². The molecule has 22 heavy (non-hydrogen) atoms. The molecule has 4 aliphatic carbocycles. The van der Waals surface area contributed by atoms with Gasteiger partial charge in [0.2, 0.25) is 0 Å². The summed E-state index contributed by atoms with van der Waals surface area (Å²) >= 11 is 0. The number of hydrogen-bond donors (Lipinski definition) is 2. The van der Waals surface area contributed by atoms with Gasteiger partial charge in [-0.15, -0.1) is 0 Å². The normalized spacial score (nSPS) is 56.4. The first-order valence-corrected chi connectivity index (χ1v) is 9.30. The Morgan fingerprint density at radius 2 is 1.68 bits per heavy atom. The SMILES string of the molecule is C=C1[C@@H](O)[C@@]23CC[C@@H]4C(C)(C)CCC[C@@]4(C)C2CC[C@@H]1[C@H]3O. The Hall–Kier alpha value is -0.340. The van der Waals surface area contributed by atoms with Crippen LogP contribution in [0.15, 0.2) is 12.2 Å². The molecule has 0 saturated heterocycles. The van der Waals surface area contributed by atoms with Gasteiger partial charge < -0.3 is 10.2 Å². The molecule has 0 aliphatic heterocycles. The fourth-order valence-electron chi connectivity index (χ4n) is 7.74. The lowest BCUT2D eigenvalue weighted by atomic mass is 9.40. The quantitative estimate of drug-likeness (QED) is 0.666. The molecule has 1 spiro atoms. The minimum atomic E-state index is -0.484. The van der Waals surface area contributed by atoms with Crippen molar-refractivity contribution in [2.45, 2.75) is 77.9 Å². The van der Waals surface area contributed by atoms with Crippen LogP contribution in [-0.2, 0) is 0 Å². The molecule has 0 aromatic heterocycles. The molecular weight excluding hydrogens is 272 g/mol. The Balaban J connectivity index is 1.81. The van der Waals surface area contributed by atoms with Gasteiger partial charge in [-0.3, -0.25) is 0 Å². The highest BCUT2D eigenvalue weighted by atomic mass is 16.3. The molecule has 0 heterocycles. The monoisotopic (exact) mass is 304 g/mol. The summed E-state index contributed by atoms with van der Waals surface area (Å²) in [5.41, 5.74) is 1.31. The van der Waals surface area contributed by atoms with Crippen molar-refractivity contribution in [1.29, 1.82) is 0 Å². The van der Waals surface area contributed by atoms with Crippen LogP contribution < -0.4 is 0 Å². The molecule has 124 valence electrons. The summed E-state index contributed by atoms with van der Waals surface area (Å²) in [6.45, 7) is 11.5. The van der Waals surface area contributed by atoms with Crippen molar-refractivity contribution in [2.24, 2.45) is 34.0 Å². The molecule has 2 bridgehead atoms. The van der Waals surface area contributed by atoms with E-state index < -0.39 is 6.10 Å². The van der Waals surface area contributed by atoms with Gasteiger partial charge in [-0.2, -0.15) is 0 Å². The van der Waals surface area contributed by atoms with Crippen LogP contribution in [0.1, 0.15) is 65.7 Å². The van der Waals surface area contributed by atoms with Crippen LogP contribution >= 0.6 is 0 Å². The third kappa shape index (κ3) is 1.54. The third-order valence-electron chi connectivity index (χ3n) is 8.62. The van der Waals surface area contributed by atoms with E-state index in [1.807, 2.05) is 0 Å². The second kappa shape index (κ2) is 4.39. The summed E-state index contributed by atoms with van der Waals surface area (Å²) in [5.74, 6) is 1.33. The molecule has 4 aliphatic rings. The molecule has 2 nitrogen and oxygen atoms in total. The molecule has 4 rings (SSSR count). The van der Waals surface area contributed by atoms with Crippen molar-refractivity contribution in [2.75, 3.05) is 0 Å². The minimum Gasteiger partial charge on any atom is -0.392 e. The number of rotatable bonds is 0. The molecule has 4 saturated carbocycles. The lowest BCUT2D eigenvalue weighted by Gasteiger charge is -2.65. The Bertz CT molecular complexity index is 510. The fourth-order valence-corrected chi connectivity index (χ4v) is 7.74. The Morgan fingerprint density at radius 3 is 2.41 bits per heavy atom. The number of hydrogen-bond acceptors (Lipinski definition) is 2. The summed E-state index contributed by atoms with van der Waals surface area (Å²) in [6.07, 6.45) is 7.38. The predicted octanol–water partition coefficient (Wildman–Crippen LogP) is 3.92. The maximum Gasteiger partial charge on any atom is 0.0835 e. The highest BCUT2D eigenvalue weighted by molar-refractivity contribution is 5.30. The van der Waals surface area contributed by atoms with Crippen LogP contribution in [0.2, 0.25) is 0 Å². The van der Waals surface area contributed by atoms with Crippen molar-refractivity contribution >= 4 is 0 Å². The molecule has 0 aromatic rings. The smallest absolute Gasteiger partial charge is 0.0835 e. The van der Waals surface area contributed by atoms with E-state index >= 15 is 0 Å². The fraction of sp³-hybridized carbons (Fsp3) is 0.900. The van der Waals surface area contributed by atoms with Crippen LogP contribution in [0.3, 0.4) is 0 Å². The first kappa shape index (κ1) is 15.2. The van der Waals surface area contributed by atoms with Crippen molar-refractivity contribution in [1.82, 2.24) is 0 Å². The van der Waals surface area contributed by atoms with E-state index in [0.717, 1.165) is 30.8 Å². The molecular formula is C20H32O2. The first-order chi connectivity index (χ1) is 10.2. The largest absolute Gasteiger partial charge is 0.392 e. The standard InChI is InChI=1S/C20H32O2/c1-12-13-6-7-15-19(4)10-5-9-18(2,3)14(19)8-11-20(15,16(12)21)17(13)22/h13-17,21-22H,1,5-11H2,2-4H3/t13-,14+,15?,16+,17+,19+,20+/m0/s1. The summed E-state index contributed by atoms with van der Waals surface area (Å²) in [5, 5.41) is 22.0. The number of aliphatic hydroxyl groups is 2. The minimum absolute atomic E-state index is 0.142. The van der Waals surface area contributed by atoms with Crippen LogP contribution in [0.25, 0.3) is 0 Å². The predicted molar refractivity (Wildman–Crippen MR) is 88.3 cm³/mol. The van der Waals surface area contributed by atoms with E-state index in [9.17, 15) is 10.2 Å². The highest BCUT2D eigenvalue weighted by Gasteiger charge is 2.69. The first-order valence-electron chi connectivity index (χ1n) is 9.30. The molecule has 0 radical (unpaired) electrons. The van der Waals surface area contributed by atoms with Gasteiger partial charge in [0.1, 0.15) is 0 Å². The summed E-state index contributed by atoms with van der Waals surface area (Å²) < 4.78 is 0. The average Bonchev–Trinajstić information content (AvgIpc) is 2.56. The second-order valence-corrected chi connectivity index (χ2v) is 9.71. The maximum atomic E-state index is 11.0. The zero-order chi connectivity index (χ0) is 15.9. The van der Waals surface area contributed by atoms with Gasteiger partial charge in [-0.05, 0) is 66.8 Å². The summed E-state index contributed by atoms with van der Waals surface area (Å²) in [6, 6.07) is 0. The van der Waals surface area contributed by atoms with Gasteiger partial charge in [0.15, 0.2) is 0 Å². The van der Waals surface area contributed by atoms with Crippen LogP contribution in [0.5, 0.6) is 0 Å². The molecule has 0 amide bonds. The summed E-state index contributed by atoms with van der Waals surface area (Å²) in [4.78, 5) is 0. The van der Waals surface area contributed by atoms with Gasteiger partial charge in [0.25, 0.3) is 0 Å². The molecule has 2 N–H and O–H groups in total. The van der Waals surface area contributed by atoms with Crippen LogP contribution in [0.4, 0.5) is 0 Å². The number of aliphatic hydroxyl groups excluding tert-OH is 2. The molecule has 2 heteroatoms. The lowest BCUT2D eigenvalue weighted by molar-refractivity contribution is -0.205. The highest BCUT2D eigenvalue weighted by Crippen LogP contribution is 2.71. The van der Waals surface area contributed by atoms with Gasteiger partial charge >= 0.3 is 0 Å². The van der Waals surface area contributed by atoms with Gasteiger partial charge in [0.05, 0.1) is 12.2 Å². The van der Waals surface area contributed by atoms with Crippen molar-refractivity contribution in [3.8, 4) is 0 Å². The molecule has 0 aromatic carbocycles. The lowest BCUT2D eigenvalue weighted by Crippen LogP contribution is -2.62. The van der Waals surface area contributed by atoms with Crippen molar-refractivity contribution < 1.29 is 10.2 Å². The van der Waals surface area contributed by atoms with Gasteiger partial charge in [0, 0.05) is 11.3 Å². The Morgan fingerprint density at radius 1 is 0.955 bits per heavy atom. The molecule has 1 unspecified atom stereocenters. The Kier molecular flexibility index (Phi) is 3.03. The van der Waals surface area contributed by atoms with Crippen LogP contribution in [-0.4, -0.2) is 22.4 Å². The van der Waals surface area contributed by atoms with E-state index in [0.29, 0.717) is 11.3 Å². The summed E-state index contributed by atoms with van der Waals surface area (Å²) in [7, 11) is 0. The molecule has 4 fully saturated rings. The number of fused-ring (bicyclic) bond motifs is 3. The van der Waals surface area contributed by atoms with E-state index in [2.05, 4.69) is 27.4 Å².